The number of nitrogens with two attached hydrogens (primary N) is 2. The van der Waals surface area contributed by atoms with Crippen LogP contribution in [0.2, 0.25) is 10.0 Å². The Kier molecular flexibility index (Phi) is 26.0. The van der Waals surface area contributed by atoms with E-state index in [2.05, 4.69) is 30.8 Å². The molecule has 0 unspecified atom stereocenters. The van der Waals surface area contributed by atoms with Gasteiger partial charge in [0.15, 0.2) is 0 Å². The van der Waals surface area contributed by atoms with E-state index in [1.165, 1.54) is 13.2 Å². The number of carbonyl (C=O) groups excluding carboxylic acids is 1. The van der Waals surface area contributed by atoms with Crippen molar-refractivity contribution in [3.63, 3.8) is 0 Å². The molecule has 4 aromatic rings. The van der Waals surface area contributed by atoms with Gasteiger partial charge in [-0.05, 0) is 76.6 Å². The summed E-state index contributed by atoms with van der Waals surface area (Å²) in [5.41, 5.74) is 14.3. The topological polar surface area (TPSA) is 186 Å². The average Bonchev–Trinajstić information content (AvgIpc) is 2.95. The zero-order chi connectivity index (χ0) is 30.1. The molecule has 2 aromatic heterocycles. The second kappa shape index (κ2) is 24.9. The van der Waals surface area contributed by atoms with Crippen molar-refractivity contribution in [2.45, 2.75) is 0 Å². The third kappa shape index (κ3) is 16.1. The van der Waals surface area contributed by atoms with Crippen molar-refractivity contribution in [1.82, 2.24) is 9.97 Å². The van der Waals surface area contributed by atoms with Crippen LogP contribution in [-0.4, -0.2) is 47.8 Å². The molecule has 0 bridgehead atoms. The Labute approximate surface area is 348 Å². The summed E-state index contributed by atoms with van der Waals surface area (Å²) in [5.74, 6) is 1.12. The van der Waals surface area contributed by atoms with Gasteiger partial charge in [-0.15, -0.1) is 0 Å². The average molecular weight is 734 g/mol. The van der Waals surface area contributed by atoms with Crippen molar-refractivity contribution in [2.24, 2.45) is 0 Å². The van der Waals surface area contributed by atoms with Gasteiger partial charge in [-0.3, -0.25) is 9.78 Å². The van der Waals surface area contributed by atoms with Gasteiger partial charge >= 0.3 is 110 Å². The molecule has 0 amide bonds. The fourth-order valence-corrected chi connectivity index (χ4v) is 3.42. The Bertz CT molecular complexity index is 1350. The van der Waals surface area contributed by atoms with E-state index < -0.39 is 7.12 Å². The normalized spacial score (nSPS) is 8.86. The number of hydrogen-bond acceptors (Lipinski definition) is 11. The van der Waals surface area contributed by atoms with Crippen molar-refractivity contribution >= 4 is 69.6 Å². The number of pyridine rings is 2. The molecule has 2 heterocycles. The Balaban J connectivity index is -0.000000529. The van der Waals surface area contributed by atoms with Crippen LogP contribution in [0.25, 0.3) is 11.3 Å². The molecule has 6 N–H and O–H groups in total. The third-order valence-corrected chi connectivity index (χ3v) is 5.69. The molecule has 0 aliphatic rings. The van der Waals surface area contributed by atoms with Gasteiger partial charge in [0.25, 0.3) is 6.47 Å². The first kappa shape index (κ1) is 43.8. The van der Waals surface area contributed by atoms with Gasteiger partial charge in [-0.25, -0.2) is 4.98 Å². The number of ether oxygens (including phenoxy) is 2. The molecule has 0 saturated heterocycles. The van der Waals surface area contributed by atoms with Gasteiger partial charge in [0, 0.05) is 33.5 Å². The molecule has 42 heavy (non-hydrogen) atoms. The van der Waals surface area contributed by atoms with E-state index in [-0.39, 0.29) is 116 Å². The summed E-state index contributed by atoms with van der Waals surface area (Å²) >= 11 is 14.8. The number of methoxy groups -OCH3 is 2. The number of carbonyl (C=O) groups is 1. The summed E-state index contributed by atoms with van der Waals surface area (Å²) < 4.78 is 10.8. The fourth-order valence-electron chi connectivity index (χ4n) is 2.81. The van der Waals surface area contributed by atoms with E-state index in [4.69, 9.17) is 64.2 Å². The fraction of sp³-hybridized carbons (Fsp3) is 0.0800. The van der Waals surface area contributed by atoms with Gasteiger partial charge < -0.3 is 42.6 Å². The van der Waals surface area contributed by atoms with Crippen molar-refractivity contribution in [2.75, 3.05) is 25.7 Å². The SMILES string of the molecule is COc1ccc(Cl)cc1-c1ncccc1N.COc1ccc(Cl)cc1B(O)O.Nc1cccnc1Br.O=CO[O-].[H-].[K+].[K+]. The Morgan fingerprint density at radius 3 is 1.83 bits per heavy atom. The molecule has 0 atom stereocenters. The van der Waals surface area contributed by atoms with E-state index in [1.807, 2.05) is 0 Å². The molecular weight excluding hydrogens is 708 g/mol. The van der Waals surface area contributed by atoms with E-state index >= 15 is 0 Å². The second-order valence-electron chi connectivity index (χ2n) is 7.12. The van der Waals surface area contributed by atoms with Crippen LogP contribution in [0.4, 0.5) is 11.4 Å². The summed E-state index contributed by atoms with van der Waals surface area (Å²) in [7, 11) is 1.50. The summed E-state index contributed by atoms with van der Waals surface area (Å²) in [5, 5.41) is 27.3. The molecule has 17 heteroatoms. The molecule has 4 rings (SSSR count). The predicted octanol–water partition coefficient (Wildman–Crippen LogP) is -3.00. The Hall–Kier alpha value is -0.312. The minimum atomic E-state index is -1.56. The van der Waals surface area contributed by atoms with Gasteiger partial charge in [-0.2, -0.15) is 0 Å². The number of rotatable bonds is 5. The van der Waals surface area contributed by atoms with E-state index in [0.29, 0.717) is 43.2 Å². The maximum absolute atomic E-state index is 8.88. The van der Waals surface area contributed by atoms with Gasteiger partial charge in [-0.1, -0.05) is 23.2 Å². The molecule has 2 aromatic carbocycles. The standard InChI is InChI=1S/C12H11ClN2O.C7H8BClO3.C5H5BrN2.CH2O3.2K.H/c1-16-11-5-4-8(13)7-9(11)12-10(14)3-2-6-15-12;1-12-7-3-2-5(9)4-6(7)8(10)11;6-5-4(7)2-1-3-8-5;2-1-4-3;;;/h2-7H,14H2,1H3;2-4,10-11H,1H3;1-3H,7H2;1,3H;;;/q;;;;2*+1;-1/p-1. The summed E-state index contributed by atoms with van der Waals surface area (Å²) in [6.45, 7) is -0.181. The van der Waals surface area contributed by atoms with Crippen molar-refractivity contribution in [3.05, 3.63) is 87.7 Å². The molecule has 0 aliphatic heterocycles. The number of nitrogens with zero attached hydrogens (tertiary/aromatic N) is 2. The Morgan fingerprint density at radius 1 is 0.905 bits per heavy atom. The number of halogens is 3. The van der Waals surface area contributed by atoms with Crippen LogP contribution in [0.5, 0.6) is 11.5 Å². The first-order valence-electron chi connectivity index (χ1n) is 10.9. The number of hydrogen-bond donors (Lipinski definition) is 4. The van der Waals surface area contributed by atoms with E-state index in [1.54, 1.807) is 74.1 Å². The van der Waals surface area contributed by atoms with Crippen LogP contribution in [-0.2, 0) is 9.68 Å². The van der Waals surface area contributed by atoms with E-state index in [9.17, 15) is 0 Å². The summed E-state index contributed by atoms with van der Waals surface area (Å²) in [4.78, 5) is 19.4. The molecule has 0 spiro atoms. The Morgan fingerprint density at radius 2 is 1.40 bits per heavy atom. The number of nitrogen functional groups attached to an aromatic ring is 2. The molecule has 0 radical (unpaired) electrons. The maximum atomic E-state index is 8.88. The smallest absolute Gasteiger partial charge is 1.00 e. The third-order valence-electron chi connectivity index (χ3n) is 4.55. The van der Waals surface area contributed by atoms with Crippen LogP contribution in [0.3, 0.4) is 0 Å². The molecule has 0 fully saturated rings. The van der Waals surface area contributed by atoms with Crippen LogP contribution >= 0.6 is 39.1 Å². The van der Waals surface area contributed by atoms with Crippen LogP contribution in [0, 0.1) is 0 Å². The number of aromatic nitrogens is 2. The van der Waals surface area contributed by atoms with Gasteiger partial charge in [0.1, 0.15) is 16.1 Å². The first-order chi connectivity index (χ1) is 19.1. The van der Waals surface area contributed by atoms with E-state index in [0.717, 1.165) is 5.56 Å². The first-order valence-corrected chi connectivity index (χ1v) is 12.5. The van der Waals surface area contributed by atoms with Crippen molar-refractivity contribution in [3.8, 4) is 22.8 Å². The van der Waals surface area contributed by atoms with Crippen molar-refractivity contribution in [1.29, 1.82) is 0 Å². The van der Waals surface area contributed by atoms with Gasteiger partial charge in [0.2, 0.25) is 0 Å². The zero-order valence-electron chi connectivity index (χ0n) is 24.2. The molecular formula is C25H26BBrCl2K2N4O7. The second-order valence-corrected chi connectivity index (χ2v) is 8.75. The molecule has 0 saturated carbocycles. The summed E-state index contributed by atoms with van der Waals surface area (Å²) in [6.07, 6.45) is 3.37. The molecule has 11 nitrogen and oxygen atoms in total. The zero-order valence-corrected chi connectivity index (χ0v) is 32.5. The van der Waals surface area contributed by atoms with Crippen LogP contribution in [0.1, 0.15) is 1.43 Å². The largest absolute Gasteiger partial charge is 1.00 e. The van der Waals surface area contributed by atoms with Gasteiger partial charge in [0.05, 0.1) is 31.3 Å². The number of anilines is 2. The minimum absolute atomic E-state index is 0. The predicted molar refractivity (Wildman–Crippen MR) is 158 cm³/mol. The maximum Gasteiger partial charge on any atom is 1.00 e. The molecule has 214 valence electrons. The quantitative estimate of drug-likeness (QED) is 0.0539. The minimum Gasteiger partial charge on any atom is -1.00 e. The van der Waals surface area contributed by atoms with Crippen LogP contribution < -0.4 is 134 Å². The number of benzene rings is 2. The molecule has 0 aliphatic carbocycles. The monoisotopic (exact) mass is 732 g/mol. The summed E-state index contributed by atoms with van der Waals surface area (Å²) in [6, 6.07) is 17.2. The van der Waals surface area contributed by atoms with Crippen molar-refractivity contribution < 1.29 is 139 Å². The van der Waals surface area contributed by atoms with Crippen LogP contribution in [0.15, 0.2) is 77.7 Å².